The maximum absolute atomic E-state index is 13.0. The molecule has 1 aliphatic heterocycles. The number of rotatable bonds is 5. The molecule has 7 nitrogen and oxygen atoms in total. The number of nitrogens with zero attached hydrogens (tertiary/aromatic N) is 2. The number of ether oxygens (including phenoxy) is 1. The molecule has 1 fully saturated rings. The number of pyridine rings is 1. The third-order valence-corrected chi connectivity index (χ3v) is 4.60. The Balaban J connectivity index is 1.64. The summed E-state index contributed by atoms with van der Waals surface area (Å²) < 4.78 is 4.77. The van der Waals surface area contributed by atoms with Crippen molar-refractivity contribution in [2.45, 2.75) is 6.04 Å². The second kappa shape index (κ2) is 7.48. The number of fused-ring (bicyclic) bond motifs is 1. The minimum atomic E-state index is -0.705. The lowest BCUT2D eigenvalue weighted by Crippen LogP contribution is -2.40. The van der Waals surface area contributed by atoms with Crippen LogP contribution in [0, 0.1) is 0 Å². The molecule has 0 radical (unpaired) electrons. The summed E-state index contributed by atoms with van der Waals surface area (Å²) in [5.41, 5.74) is 1.05. The lowest BCUT2D eigenvalue weighted by Gasteiger charge is -2.23. The Morgan fingerprint density at radius 1 is 1.07 bits per heavy atom. The highest BCUT2D eigenvalue weighted by atomic mass is 16.6. The average Bonchev–Trinajstić information content (AvgIpc) is 3.05. The van der Waals surface area contributed by atoms with Crippen molar-refractivity contribution < 1.29 is 19.1 Å². The minimum Gasteiger partial charge on any atom is -0.439 e. The Morgan fingerprint density at radius 3 is 2.57 bits per heavy atom. The summed E-state index contributed by atoms with van der Waals surface area (Å²) in [7, 11) is 0. The van der Waals surface area contributed by atoms with Gasteiger partial charge in [0, 0.05) is 11.6 Å². The number of hydrogen-bond donors (Lipinski definition) is 1. The monoisotopic (exact) mass is 375 g/mol. The van der Waals surface area contributed by atoms with Gasteiger partial charge in [0.25, 0.3) is 11.8 Å². The Morgan fingerprint density at radius 2 is 1.82 bits per heavy atom. The van der Waals surface area contributed by atoms with Crippen LogP contribution < -0.4 is 5.32 Å². The van der Waals surface area contributed by atoms with Crippen molar-refractivity contribution >= 4 is 28.7 Å². The van der Waals surface area contributed by atoms with E-state index in [1.165, 1.54) is 0 Å². The number of nitrogens with one attached hydrogen (secondary N) is 1. The van der Waals surface area contributed by atoms with Gasteiger partial charge < -0.3 is 10.1 Å². The van der Waals surface area contributed by atoms with Crippen LogP contribution in [0.4, 0.5) is 4.79 Å². The number of hydrogen-bond acceptors (Lipinski definition) is 5. The lowest BCUT2D eigenvalue weighted by atomic mass is 10.1. The highest BCUT2D eigenvalue weighted by molar-refractivity contribution is 6.05. The molecule has 1 aromatic heterocycles. The highest BCUT2D eigenvalue weighted by Gasteiger charge is 2.34. The molecule has 28 heavy (non-hydrogen) atoms. The number of cyclic esters (lactones) is 1. The number of benzene rings is 2. The molecule has 1 N–H and O–H groups in total. The zero-order chi connectivity index (χ0) is 19.5. The number of carbonyl (C=O) groups is 3. The standard InChI is InChI=1S/C21H17N3O4/c25-18-13-28-21(27)24(18)12-17(15-7-2-1-3-8-15)23-20(26)19-16-9-5-4-6-14(16)10-11-22-19/h1-11,17H,12-13H2,(H,23,26). The van der Waals surface area contributed by atoms with Crippen LogP contribution in [-0.4, -0.2) is 40.9 Å². The summed E-state index contributed by atoms with van der Waals surface area (Å²) in [6.45, 7) is -0.294. The molecule has 1 aliphatic rings. The normalized spacial score (nSPS) is 14.8. The fraction of sp³-hybridized carbons (Fsp3) is 0.143. The van der Waals surface area contributed by atoms with Crippen LogP contribution >= 0.6 is 0 Å². The SMILES string of the molecule is O=C(NC(CN1C(=O)COC1=O)c1ccccc1)c1nccc2ccccc12. The Labute approximate surface area is 160 Å². The van der Waals surface area contributed by atoms with E-state index in [4.69, 9.17) is 4.74 Å². The number of carbonyl (C=O) groups excluding carboxylic acids is 3. The minimum absolute atomic E-state index is 0.0157. The molecule has 0 saturated carbocycles. The van der Waals surface area contributed by atoms with Gasteiger partial charge in [-0.2, -0.15) is 0 Å². The van der Waals surface area contributed by atoms with E-state index in [-0.39, 0.29) is 24.8 Å². The van der Waals surface area contributed by atoms with Crippen LogP contribution in [0.1, 0.15) is 22.1 Å². The van der Waals surface area contributed by atoms with Crippen LogP contribution in [-0.2, 0) is 9.53 Å². The van der Waals surface area contributed by atoms with E-state index in [1.807, 2.05) is 60.7 Å². The number of aromatic nitrogens is 1. The van der Waals surface area contributed by atoms with Crippen LogP contribution in [0.2, 0.25) is 0 Å². The largest absolute Gasteiger partial charge is 0.439 e. The smallest absolute Gasteiger partial charge is 0.417 e. The summed E-state index contributed by atoms with van der Waals surface area (Å²) in [5, 5.41) is 4.53. The van der Waals surface area contributed by atoms with Gasteiger partial charge in [0.15, 0.2) is 6.61 Å². The van der Waals surface area contributed by atoms with Crippen molar-refractivity contribution in [3.8, 4) is 0 Å². The van der Waals surface area contributed by atoms with Crippen molar-refractivity contribution in [1.29, 1.82) is 0 Å². The second-order valence-corrected chi connectivity index (χ2v) is 6.38. The van der Waals surface area contributed by atoms with Gasteiger partial charge >= 0.3 is 6.09 Å². The molecule has 3 amide bonds. The third kappa shape index (κ3) is 3.42. The predicted octanol–water partition coefficient (Wildman–Crippen LogP) is 2.68. The molecule has 7 heteroatoms. The third-order valence-electron chi connectivity index (χ3n) is 4.60. The zero-order valence-corrected chi connectivity index (χ0v) is 14.9. The summed E-state index contributed by atoms with van der Waals surface area (Å²) >= 11 is 0. The van der Waals surface area contributed by atoms with E-state index < -0.39 is 18.0 Å². The van der Waals surface area contributed by atoms with Crippen molar-refractivity contribution in [2.24, 2.45) is 0 Å². The fourth-order valence-corrected chi connectivity index (χ4v) is 3.19. The van der Waals surface area contributed by atoms with E-state index >= 15 is 0 Å². The molecule has 0 bridgehead atoms. The molecule has 0 aliphatic carbocycles. The van der Waals surface area contributed by atoms with Crippen LogP contribution in [0.3, 0.4) is 0 Å². The maximum Gasteiger partial charge on any atom is 0.417 e. The van der Waals surface area contributed by atoms with Crippen LogP contribution in [0.5, 0.6) is 0 Å². The first-order valence-corrected chi connectivity index (χ1v) is 8.80. The highest BCUT2D eigenvalue weighted by Crippen LogP contribution is 2.20. The lowest BCUT2D eigenvalue weighted by molar-refractivity contribution is -0.126. The summed E-state index contributed by atoms with van der Waals surface area (Å²) in [4.78, 5) is 42.0. The van der Waals surface area contributed by atoms with E-state index in [0.717, 1.165) is 21.2 Å². The molecule has 2 aromatic carbocycles. The van der Waals surface area contributed by atoms with Crippen molar-refractivity contribution in [3.05, 3.63) is 78.1 Å². The van der Waals surface area contributed by atoms with Gasteiger partial charge in [-0.3, -0.25) is 14.6 Å². The number of amides is 3. The van der Waals surface area contributed by atoms with Gasteiger partial charge in [-0.1, -0.05) is 54.6 Å². The van der Waals surface area contributed by atoms with Gasteiger partial charge in [0.1, 0.15) is 5.69 Å². The predicted molar refractivity (Wildman–Crippen MR) is 101 cm³/mol. The molecule has 4 rings (SSSR count). The first-order chi connectivity index (χ1) is 13.6. The molecule has 3 aromatic rings. The van der Waals surface area contributed by atoms with E-state index in [9.17, 15) is 14.4 Å². The number of imide groups is 1. The van der Waals surface area contributed by atoms with Crippen molar-refractivity contribution in [3.63, 3.8) is 0 Å². The molecule has 2 heterocycles. The van der Waals surface area contributed by atoms with Gasteiger partial charge in [0.05, 0.1) is 12.6 Å². The van der Waals surface area contributed by atoms with Crippen molar-refractivity contribution in [1.82, 2.24) is 15.2 Å². The second-order valence-electron chi connectivity index (χ2n) is 6.38. The van der Waals surface area contributed by atoms with E-state index in [0.29, 0.717) is 0 Å². The topological polar surface area (TPSA) is 88.6 Å². The van der Waals surface area contributed by atoms with Gasteiger partial charge in [-0.15, -0.1) is 0 Å². The zero-order valence-electron chi connectivity index (χ0n) is 14.9. The molecule has 140 valence electrons. The summed E-state index contributed by atoms with van der Waals surface area (Å²) in [6.07, 6.45) is 0.874. The Hall–Kier alpha value is -3.74. The molecule has 1 unspecified atom stereocenters. The first-order valence-electron chi connectivity index (χ1n) is 8.80. The summed E-state index contributed by atoms with van der Waals surface area (Å²) in [5.74, 6) is -0.811. The fourth-order valence-electron chi connectivity index (χ4n) is 3.19. The molecule has 1 atom stereocenters. The first kappa shape index (κ1) is 17.7. The van der Waals surface area contributed by atoms with Gasteiger partial charge in [0.2, 0.25) is 0 Å². The quantitative estimate of drug-likeness (QED) is 0.741. The Bertz CT molecular complexity index is 1030. The molecule has 1 saturated heterocycles. The summed E-state index contributed by atoms with van der Waals surface area (Å²) in [6, 6.07) is 17.9. The van der Waals surface area contributed by atoms with Crippen LogP contribution in [0.25, 0.3) is 10.8 Å². The molecular weight excluding hydrogens is 358 g/mol. The van der Waals surface area contributed by atoms with Crippen LogP contribution in [0.15, 0.2) is 66.9 Å². The van der Waals surface area contributed by atoms with Gasteiger partial charge in [-0.05, 0) is 17.0 Å². The van der Waals surface area contributed by atoms with Gasteiger partial charge in [-0.25, -0.2) is 9.69 Å². The average molecular weight is 375 g/mol. The van der Waals surface area contributed by atoms with E-state index in [2.05, 4.69) is 10.3 Å². The maximum atomic E-state index is 13.0. The molecule has 0 spiro atoms. The molecular formula is C21H17N3O4. The Kier molecular flexibility index (Phi) is 4.72. The van der Waals surface area contributed by atoms with E-state index in [1.54, 1.807) is 6.20 Å². The van der Waals surface area contributed by atoms with Crippen molar-refractivity contribution in [2.75, 3.05) is 13.2 Å².